The first-order valence-corrected chi connectivity index (χ1v) is 9.19. The van der Waals surface area contributed by atoms with Gasteiger partial charge >= 0.3 is 0 Å². The maximum absolute atomic E-state index is 12.2. The van der Waals surface area contributed by atoms with E-state index in [0.29, 0.717) is 0 Å². The van der Waals surface area contributed by atoms with Crippen LogP contribution in [0.1, 0.15) is 19.8 Å². The van der Waals surface area contributed by atoms with E-state index in [-0.39, 0.29) is 10.7 Å². The van der Waals surface area contributed by atoms with Crippen LogP contribution in [0.2, 0.25) is 0 Å². The molecule has 0 spiro atoms. The first-order valence-electron chi connectivity index (χ1n) is 7.71. The van der Waals surface area contributed by atoms with E-state index in [9.17, 15) is 8.42 Å². The molecule has 1 aliphatic heterocycles. The Morgan fingerprint density at radius 1 is 1.04 bits per heavy atom. The van der Waals surface area contributed by atoms with Crippen molar-refractivity contribution in [1.29, 1.82) is 0 Å². The highest BCUT2D eigenvalue weighted by molar-refractivity contribution is 7.92. The molecule has 1 fully saturated rings. The van der Waals surface area contributed by atoms with Gasteiger partial charge in [0.2, 0.25) is 0 Å². The Bertz CT molecular complexity index is 739. The Morgan fingerprint density at radius 3 is 2.35 bits per heavy atom. The lowest BCUT2D eigenvalue weighted by molar-refractivity contribution is 0.436. The van der Waals surface area contributed by atoms with Gasteiger partial charge in [0.15, 0.2) is 11.6 Å². The van der Waals surface area contributed by atoms with E-state index in [0.717, 1.165) is 37.7 Å². The summed E-state index contributed by atoms with van der Waals surface area (Å²) in [7, 11) is -3.62. The Labute approximate surface area is 136 Å². The summed E-state index contributed by atoms with van der Waals surface area (Å²) < 4.78 is 26.9. The predicted octanol–water partition coefficient (Wildman–Crippen LogP) is 2.51. The second-order valence-corrected chi connectivity index (χ2v) is 7.55. The lowest BCUT2D eigenvalue weighted by Gasteiger charge is -2.30. The van der Waals surface area contributed by atoms with Crippen molar-refractivity contribution in [2.45, 2.75) is 24.7 Å². The average Bonchev–Trinajstić information content (AvgIpc) is 2.57. The summed E-state index contributed by atoms with van der Waals surface area (Å²) >= 11 is 0. The number of rotatable bonds is 4. The van der Waals surface area contributed by atoms with Gasteiger partial charge in [-0.2, -0.15) is 0 Å². The molecule has 1 saturated heterocycles. The monoisotopic (exact) mass is 332 g/mol. The molecule has 0 radical (unpaired) electrons. The van der Waals surface area contributed by atoms with Crippen LogP contribution >= 0.6 is 0 Å². The molecule has 2 aromatic rings. The van der Waals surface area contributed by atoms with Crippen LogP contribution in [-0.4, -0.2) is 31.7 Å². The third-order valence-corrected chi connectivity index (χ3v) is 5.42. The predicted molar refractivity (Wildman–Crippen MR) is 89.9 cm³/mol. The van der Waals surface area contributed by atoms with Crippen molar-refractivity contribution in [3.63, 3.8) is 0 Å². The van der Waals surface area contributed by atoms with E-state index in [4.69, 9.17) is 0 Å². The summed E-state index contributed by atoms with van der Waals surface area (Å²) in [5, 5.41) is 8.16. The fraction of sp³-hybridized carbons (Fsp3) is 0.375. The molecule has 1 N–H and O–H groups in total. The first-order chi connectivity index (χ1) is 11.0. The minimum absolute atomic E-state index is 0.205. The standard InChI is InChI=1S/C16H20N4O2S/c1-13-9-11-20(12-10-13)16-8-7-15(17-18-16)19-23(21,22)14-5-3-2-4-6-14/h2-8,13H,9-12H2,1H3,(H,17,19). The summed E-state index contributed by atoms with van der Waals surface area (Å²) in [6.45, 7) is 4.18. The third kappa shape index (κ3) is 3.79. The van der Waals surface area contributed by atoms with Crippen molar-refractivity contribution in [3.05, 3.63) is 42.5 Å². The molecule has 0 unspecified atom stereocenters. The van der Waals surface area contributed by atoms with Crippen LogP contribution in [0, 0.1) is 5.92 Å². The number of aromatic nitrogens is 2. The van der Waals surface area contributed by atoms with Crippen LogP contribution in [0.3, 0.4) is 0 Å². The molecule has 6 nitrogen and oxygen atoms in total. The van der Waals surface area contributed by atoms with Crippen molar-refractivity contribution in [2.75, 3.05) is 22.7 Å². The molecule has 2 heterocycles. The molecule has 0 amide bonds. The zero-order chi connectivity index (χ0) is 16.3. The highest BCUT2D eigenvalue weighted by atomic mass is 32.2. The van der Waals surface area contributed by atoms with Crippen LogP contribution < -0.4 is 9.62 Å². The van der Waals surface area contributed by atoms with E-state index in [2.05, 4.69) is 26.7 Å². The van der Waals surface area contributed by atoms with Crippen molar-refractivity contribution in [2.24, 2.45) is 5.92 Å². The maximum atomic E-state index is 12.2. The molecule has 3 rings (SSSR count). The number of piperidine rings is 1. The van der Waals surface area contributed by atoms with Gasteiger partial charge in [0.25, 0.3) is 10.0 Å². The zero-order valence-electron chi connectivity index (χ0n) is 13.0. The minimum Gasteiger partial charge on any atom is -0.355 e. The first kappa shape index (κ1) is 15.7. The van der Waals surface area contributed by atoms with Crippen LogP contribution in [0.4, 0.5) is 11.6 Å². The highest BCUT2D eigenvalue weighted by Crippen LogP contribution is 2.21. The number of hydrogen-bond donors (Lipinski definition) is 1. The quantitative estimate of drug-likeness (QED) is 0.931. The van der Waals surface area contributed by atoms with Crippen LogP contribution in [0.15, 0.2) is 47.4 Å². The number of benzene rings is 1. The lowest BCUT2D eigenvalue weighted by Crippen LogP contribution is -2.33. The number of nitrogens with one attached hydrogen (secondary N) is 1. The van der Waals surface area contributed by atoms with Crippen LogP contribution in [0.25, 0.3) is 0 Å². The summed E-state index contributed by atoms with van der Waals surface area (Å²) in [5.74, 6) is 1.76. The van der Waals surface area contributed by atoms with Gasteiger partial charge in [0.1, 0.15) is 0 Å². The number of hydrogen-bond acceptors (Lipinski definition) is 5. The number of nitrogens with zero attached hydrogens (tertiary/aromatic N) is 3. The van der Waals surface area contributed by atoms with Crippen molar-refractivity contribution < 1.29 is 8.42 Å². The molecule has 0 saturated carbocycles. The topological polar surface area (TPSA) is 75.2 Å². The molecule has 122 valence electrons. The van der Waals surface area contributed by atoms with Gasteiger partial charge in [-0.15, -0.1) is 10.2 Å². The van der Waals surface area contributed by atoms with Crippen molar-refractivity contribution >= 4 is 21.7 Å². The minimum atomic E-state index is -3.62. The van der Waals surface area contributed by atoms with Crippen molar-refractivity contribution in [1.82, 2.24) is 10.2 Å². The van der Waals surface area contributed by atoms with E-state index in [1.807, 2.05) is 6.07 Å². The van der Waals surface area contributed by atoms with Gasteiger partial charge < -0.3 is 4.90 Å². The summed E-state index contributed by atoms with van der Waals surface area (Å²) in [4.78, 5) is 2.39. The Balaban J connectivity index is 1.70. The molecule has 0 aliphatic carbocycles. The van der Waals surface area contributed by atoms with Gasteiger partial charge in [-0.25, -0.2) is 8.42 Å². The Morgan fingerprint density at radius 2 is 1.74 bits per heavy atom. The summed E-state index contributed by atoms with van der Waals surface area (Å²) in [6, 6.07) is 11.7. The molecular formula is C16H20N4O2S. The van der Waals surface area contributed by atoms with E-state index in [1.165, 1.54) is 0 Å². The van der Waals surface area contributed by atoms with Gasteiger partial charge in [-0.05, 0) is 43.0 Å². The van der Waals surface area contributed by atoms with E-state index < -0.39 is 10.0 Å². The maximum Gasteiger partial charge on any atom is 0.263 e. The Kier molecular flexibility index (Phi) is 4.47. The second kappa shape index (κ2) is 6.54. The zero-order valence-corrected chi connectivity index (χ0v) is 13.8. The normalized spacial score (nSPS) is 16.3. The van der Waals surface area contributed by atoms with Crippen LogP contribution in [-0.2, 0) is 10.0 Å². The second-order valence-electron chi connectivity index (χ2n) is 5.86. The molecule has 7 heteroatoms. The largest absolute Gasteiger partial charge is 0.355 e. The lowest BCUT2D eigenvalue weighted by atomic mass is 9.99. The molecule has 0 atom stereocenters. The van der Waals surface area contributed by atoms with Gasteiger partial charge in [0, 0.05) is 13.1 Å². The summed E-state index contributed by atoms with van der Waals surface area (Å²) in [5.41, 5.74) is 0. The molecule has 1 aromatic carbocycles. The van der Waals surface area contributed by atoms with E-state index >= 15 is 0 Å². The van der Waals surface area contributed by atoms with Gasteiger partial charge in [-0.1, -0.05) is 25.1 Å². The molecule has 0 bridgehead atoms. The molecule has 1 aromatic heterocycles. The molecule has 23 heavy (non-hydrogen) atoms. The fourth-order valence-electron chi connectivity index (χ4n) is 2.58. The fourth-order valence-corrected chi connectivity index (χ4v) is 3.60. The van der Waals surface area contributed by atoms with Gasteiger partial charge in [-0.3, -0.25) is 4.72 Å². The SMILES string of the molecule is CC1CCN(c2ccc(NS(=O)(=O)c3ccccc3)nn2)CC1. The van der Waals surface area contributed by atoms with Crippen molar-refractivity contribution in [3.8, 4) is 0 Å². The number of sulfonamides is 1. The highest BCUT2D eigenvalue weighted by Gasteiger charge is 2.18. The molecule has 1 aliphatic rings. The average molecular weight is 332 g/mol. The smallest absolute Gasteiger partial charge is 0.263 e. The van der Waals surface area contributed by atoms with Gasteiger partial charge in [0.05, 0.1) is 4.90 Å². The third-order valence-electron chi connectivity index (χ3n) is 4.05. The Hall–Kier alpha value is -2.15. The number of anilines is 2. The summed E-state index contributed by atoms with van der Waals surface area (Å²) in [6.07, 6.45) is 2.29. The molecular weight excluding hydrogens is 312 g/mol. The van der Waals surface area contributed by atoms with E-state index in [1.54, 1.807) is 36.4 Å². The van der Waals surface area contributed by atoms with Crippen LogP contribution in [0.5, 0.6) is 0 Å².